The van der Waals surface area contributed by atoms with Crippen molar-refractivity contribution in [1.82, 2.24) is 4.90 Å². The molecule has 1 saturated carbocycles. The van der Waals surface area contributed by atoms with Gasteiger partial charge in [-0.05, 0) is 50.5 Å². The summed E-state index contributed by atoms with van der Waals surface area (Å²) in [5.74, 6) is 1.72. The van der Waals surface area contributed by atoms with Crippen LogP contribution in [-0.2, 0) is 0 Å². The Morgan fingerprint density at radius 1 is 1.44 bits per heavy atom. The standard InChI is InChI=1S/C15H23N/c1-4-15-14(7-6-10-16(15)5-2)11-13-9-8-12(13)3/h4,6,10-13H,5,7-9H2,1-3H3/b14-11-,15-4?. The molecule has 1 heteroatoms. The minimum atomic E-state index is 0.829. The molecule has 1 fully saturated rings. The van der Waals surface area contributed by atoms with Gasteiger partial charge in [0.2, 0.25) is 0 Å². The fraction of sp³-hybridized carbons (Fsp3) is 0.600. The van der Waals surface area contributed by atoms with Crippen LogP contribution in [0.2, 0.25) is 0 Å². The van der Waals surface area contributed by atoms with Gasteiger partial charge in [0.1, 0.15) is 0 Å². The molecule has 0 aromatic carbocycles. The van der Waals surface area contributed by atoms with Crippen LogP contribution in [0.3, 0.4) is 0 Å². The summed E-state index contributed by atoms with van der Waals surface area (Å²) in [5, 5.41) is 0. The normalized spacial score (nSPS) is 34.6. The Bertz CT molecular complexity index is 335. The van der Waals surface area contributed by atoms with Crippen molar-refractivity contribution >= 4 is 0 Å². The Kier molecular flexibility index (Phi) is 3.52. The average Bonchev–Trinajstić information content (AvgIpc) is 2.33. The third-order valence-electron chi connectivity index (χ3n) is 3.98. The second-order valence-electron chi connectivity index (χ2n) is 4.96. The van der Waals surface area contributed by atoms with Gasteiger partial charge < -0.3 is 4.90 Å². The first-order valence-corrected chi connectivity index (χ1v) is 6.57. The highest BCUT2D eigenvalue weighted by Gasteiger charge is 2.26. The lowest BCUT2D eigenvalue weighted by Gasteiger charge is -2.34. The summed E-state index contributed by atoms with van der Waals surface area (Å²) in [7, 11) is 0. The molecule has 0 amide bonds. The van der Waals surface area contributed by atoms with E-state index in [9.17, 15) is 0 Å². The zero-order chi connectivity index (χ0) is 11.5. The van der Waals surface area contributed by atoms with Crippen molar-refractivity contribution in [2.75, 3.05) is 6.54 Å². The van der Waals surface area contributed by atoms with Crippen molar-refractivity contribution in [3.8, 4) is 0 Å². The Balaban J connectivity index is 2.17. The molecule has 1 aliphatic heterocycles. The summed E-state index contributed by atoms with van der Waals surface area (Å²) < 4.78 is 0. The number of hydrogen-bond acceptors (Lipinski definition) is 1. The Labute approximate surface area is 99.5 Å². The van der Waals surface area contributed by atoms with Crippen molar-refractivity contribution in [3.05, 3.63) is 35.7 Å². The zero-order valence-electron chi connectivity index (χ0n) is 10.7. The van der Waals surface area contributed by atoms with Crippen molar-refractivity contribution < 1.29 is 0 Å². The van der Waals surface area contributed by atoms with Gasteiger partial charge in [-0.15, -0.1) is 0 Å². The molecule has 0 aromatic heterocycles. The van der Waals surface area contributed by atoms with E-state index in [0.717, 1.165) is 24.8 Å². The molecule has 0 bridgehead atoms. The molecule has 16 heavy (non-hydrogen) atoms. The van der Waals surface area contributed by atoms with E-state index in [2.05, 4.69) is 50.1 Å². The van der Waals surface area contributed by atoms with E-state index >= 15 is 0 Å². The second kappa shape index (κ2) is 4.90. The maximum absolute atomic E-state index is 2.52. The van der Waals surface area contributed by atoms with Gasteiger partial charge in [-0.2, -0.15) is 0 Å². The lowest BCUT2D eigenvalue weighted by Crippen LogP contribution is -2.24. The van der Waals surface area contributed by atoms with Gasteiger partial charge in [0, 0.05) is 18.4 Å². The highest BCUT2D eigenvalue weighted by molar-refractivity contribution is 5.36. The predicted octanol–water partition coefficient (Wildman–Crippen LogP) is 4.10. The van der Waals surface area contributed by atoms with Crippen LogP contribution in [0.25, 0.3) is 0 Å². The molecule has 0 saturated heterocycles. The summed E-state index contributed by atoms with van der Waals surface area (Å²) in [6.07, 6.45) is 13.2. The molecular formula is C15H23N. The van der Waals surface area contributed by atoms with E-state index in [-0.39, 0.29) is 0 Å². The van der Waals surface area contributed by atoms with E-state index in [1.165, 1.54) is 24.1 Å². The first kappa shape index (κ1) is 11.5. The van der Waals surface area contributed by atoms with Crippen molar-refractivity contribution in [1.29, 1.82) is 0 Å². The van der Waals surface area contributed by atoms with Gasteiger partial charge in [0.05, 0.1) is 0 Å². The fourth-order valence-corrected chi connectivity index (χ4v) is 2.66. The minimum absolute atomic E-state index is 0.829. The highest BCUT2D eigenvalue weighted by Crippen LogP contribution is 2.37. The molecule has 2 unspecified atom stereocenters. The molecule has 88 valence electrons. The molecule has 2 atom stereocenters. The Morgan fingerprint density at radius 2 is 2.25 bits per heavy atom. The van der Waals surface area contributed by atoms with Crippen LogP contribution in [-0.4, -0.2) is 11.4 Å². The minimum Gasteiger partial charge on any atom is -0.349 e. The van der Waals surface area contributed by atoms with E-state index < -0.39 is 0 Å². The fourth-order valence-electron chi connectivity index (χ4n) is 2.66. The average molecular weight is 217 g/mol. The maximum Gasteiger partial charge on any atom is 0.0395 e. The van der Waals surface area contributed by atoms with Gasteiger partial charge in [-0.1, -0.05) is 25.2 Å². The van der Waals surface area contributed by atoms with E-state index in [1.807, 2.05) is 0 Å². The lowest BCUT2D eigenvalue weighted by atomic mass is 9.73. The maximum atomic E-state index is 2.52. The van der Waals surface area contributed by atoms with Gasteiger partial charge in [0.25, 0.3) is 0 Å². The van der Waals surface area contributed by atoms with E-state index in [4.69, 9.17) is 0 Å². The van der Waals surface area contributed by atoms with E-state index in [1.54, 1.807) is 0 Å². The topological polar surface area (TPSA) is 3.24 Å². The van der Waals surface area contributed by atoms with Gasteiger partial charge >= 0.3 is 0 Å². The van der Waals surface area contributed by atoms with Crippen LogP contribution in [0, 0.1) is 11.8 Å². The third kappa shape index (κ3) is 2.09. The van der Waals surface area contributed by atoms with Gasteiger partial charge in [-0.3, -0.25) is 0 Å². The summed E-state index contributed by atoms with van der Waals surface area (Å²) in [6.45, 7) is 7.79. The highest BCUT2D eigenvalue weighted by atomic mass is 15.1. The van der Waals surface area contributed by atoms with Gasteiger partial charge in [0.15, 0.2) is 0 Å². The number of likely N-dealkylation sites (N-methyl/N-ethyl adjacent to an activating group) is 1. The van der Waals surface area contributed by atoms with Crippen LogP contribution >= 0.6 is 0 Å². The largest absolute Gasteiger partial charge is 0.349 e. The summed E-state index contributed by atoms with van der Waals surface area (Å²) in [4.78, 5) is 2.35. The van der Waals surface area contributed by atoms with Crippen LogP contribution < -0.4 is 0 Å². The number of nitrogens with zero attached hydrogens (tertiary/aromatic N) is 1. The van der Waals surface area contributed by atoms with Gasteiger partial charge in [-0.25, -0.2) is 0 Å². The first-order valence-electron chi connectivity index (χ1n) is 6.57. The molecule has 0 spiro atoms. The van der Waals surface area contributed by atoms with Crippen molar-refractivity contribution in [2.24, 2.45) is 11.8 Å². The zero-order valence-corrected chi connectivity index (χ0v) is 10.7. The van der Waals surface area contributed by atoms with Crippen LogP contribution in [0.15, 0.2) is 35.7 Å². The number of allylic oxidation sites excluding steroid dienone is 4. The summed E-state index contributed by atoms with van der Waals surface area (Å²) in [5.41, 5.74) is 2.95. The predicted molar refractivity (Wildman–Crippen MR) is 69.9 cm³/mol. The number of rotatable bonds is 2. The molecule has 1 nitrogen and oxygen atoms in total. The van der Waals surface area contributed by atoms with Crippen LogP contribution in [0.5, 0.6) is 0 Å². The SMILES string of the molecule is CC=C1/C(=C\C2CCC2C)CC=CN1CC. The molecule has 2 rings (SSSR count). The lowest BCUT2D eigenvalue weighted by molar-refractivity contribution is 0.249. The number of hydrogen-bond donors (Lipinski definition) is 0. The quantitative estimate of drug-likeness (QED) is 0.673. The second-order valence-corrected chi connectivity index (χ2v) is 4.96. The Hall–Kier alpha value is -0.980. The molecule has 1 aliphatic carbocycles. The molecule has 1 heterocycles. The molecular weight excluding hydrogens is 194 g/mol. The van der Waals surface area contributed by atoms with Crippen molar-refractivity contribution in [3.63, 3.8) is 0 Å². The van der Waals surface area contributed by atoms with Crippen molar-refractivity contribution in [2.45, 2.75) is 40.0 Å². The summed E-state index contributed by atoms with van der Waals surface area (Å²) >= 11 is 0. The smallest absolute Gasteiger partial charge is 0.0395 e. The third-order valence-corrected chi connectivity index (χ3v) is 3.98. The van der Waals surface area contributed by atoms with E-state index in [0.29, 0.717) is 0 Å². The first-order chi connectivity index (χ1) is 7.76. The Morgan fingerprint density at radius 3 is 2.75 bits per heavy atom. The van der Waals surface area contributed by atoms with Crippen LogP contribution in [0.1, 0.15) is 40.0 Å². The molecule has 2 aliphatic rings. The summed E-state index contributed by atoms with van der Waals surface area (Å²) in [6, 6.07) is 0. The molecule has 0 aromatic rings. The monoisotopic (exact) mass is 217 g/mol. The molecule has 0 N–H and O–H groups in total. The molecule has 0 radical (unpaired) electrons. The van der Waals surface area contributed by atoms with Crippen LogP contribution in [0.4, 0.5) is 0 Å².